The van der Waals surface area contributed by atoms with Crippen LogP contribution in [-0.4, -0.2) is 37.3 Å². The van der Waals surface area contributed by atoms with Crippen molar-refractivity contribution < 1.29 is 13.3 Å². The molecule has 0 saturated heterocycles. The molecule has 2 rings (SSSR count). The Hall–Kier alpha value is -2.00. The molecule has 0 unspecified atom stereocenters. The molecule has 0 atom stereocenters. The maximum absolute atomic E-state index is 13.0. The Labute approximate surface area is 157 Å². The minimum absolute atomic E-state index is 0.0357. The highest BCUT2D eigenvalue weighted by Gasteiger charge is 2.27. The van der Waals surface area contributed by atoms with Gasteiger partial charge in [-0.25, -0.2) is 8.42 Å². The summed E-state index contributed by atoms with van der Waals surface area (Å²) in [6.07, 6.45) is 0.502. The molecule has 0 radical (unpaired) electrons. The highest BCUT2D eigenvalue weighted by molar-refractivity contribution is 7.89. The maximum Gasteiger partial charge on any atom is 0.275 e. The molecule has 0 aliphatic rings. The lowest BCUT2D eigenvalue weighted by Crippen LogP contribution is -2.37. The van der Waals surface area contributed by atoms with Crippen molar-refractivity contribution in [1.29, 1.82) is 0 Å². The first-order valence-corrected chi connectivity index (χ1v) is 9.78. The van der Waals surface area contributed by atoms with Gasteiger partial charge in [-0.05, 0) is 25.0 Å². The SMILES string of the molecule is Cc1c(Cl)cc(S(=O)(=O)N(CCN)CCc2ccccc2)cc1[N+](=O)[O-]. The fourth-order valence-electron chi connectivity index (χ4n) is 2.52. The van der Waals surface area contributed by atoms with Crippen LogP contribution >= 0.6 is 11.6 Å². The number of halogens is 1. The molecule has 9 heteroatoms. The standard InChI is InChI=1S/C17H20ClN3O4S/c1-13-16(18)11-15(12-17(13)21(22)23)26(24,25)20(10-8-19)9-7-14-5-3-2-4-6-14/h2-6,11-12H,7-10,19H2,1H3. The van der Waals surface area contributed by atoms with E-state index in [-0.39, 0.29) is 40.8 Å². The largest absolute Gasteiger partial charge is 0.329 e. The van der Waals surface area contributed by atoms with Crippen molar-refractivity contribution in [3.8, 4) is 0 Å². The molecule has 140 valence electrons. The Bertz CT molecular complexity index is 888. The molecule has 0 bridgehead atoms. The number of nitro groups is 1. The fraction of sp³-hybridized carbons (Fsp3) is 0.294. The first kappa shape index (κ1) is 20.3. The summed E-state index contributed by atoms with van der Waals surface area (Å²) in [6.45, 7) is 1.93. The van der Waals surface area contributed by atoms with E-state index in [9.17, 15) is 18.5 Å². The summed E-state index contributed by atoms with van der Waals surface area (Å²) in [6, 6.07) is 11.7. The van der Waals surface area contributed by atoms with E-state index in [0.717, 1.165) is 11.6 Å². The van der Waals surface area contributed by atoms with Gasteiger partial charge in [-0.15, -0.1) is 0 Å². The van der Waals surface area contributed by atoms with Gasteiger partial charge in [-0.3, -0.25) is 10.1 Å². The van der Waals surface area contributed by atoms with Gasteiger partial charge in [0.25, 0.3) is 5.69 Å². The quantitative estimate of drug-likeness (QED) is 0.544. The van der Waals surface area contributed by atoms with Crippen molar-refractivity contribution in [2.45, 2.75) is 18.2 Å². The molecule has 0 aromatic heterocycles. The van der Waals surface area contributed by atoms with Gasteiger partial charge in [0.05, 0.1) is 14.8 Å². The summed E-state index contributed by atoms with van der Waals surface area (Å²) in [4.78, 5) is 10.3. The summed E-state index contributed by atoms with van der Waals surface area (Å²) in [7, 11) is -3.96. The Morgan fingerprint density at radius 3 is 2.42 bits per heavy atom. The zero-order valence-electron chi connectivity index (χ0n) is 14.3. The van der Waals surface area contributed by atoms with Crippen molar-refractivity contribution in [2.24, 2.45) is 5.73 Å². The lowest BCUT2D eigenvalue weighted by atomic mass is 10.1. The molecule has 0 amide bonds. The van der Waals surface area contributed by atoms with Gasteiger partial charge in [0.1, 0.15) is 0 Å². The third kappa shape index (κ3) is 4.59. The number of benzene rings is 2. The highest BCUT2D eigenvalue weighted by Crippen LogP contribution is 2.30. The van der Waals surface area contributed by atoms with Crippen molar-refractivity contribution in [3.63, 3.8) is 0 Å². The first-order valence-electron chi connectivity index (χ1n) is 7.96. The number of nitrogens with two attached hydrogens (primary N) is 1. The number of hydrogen-bond donors (Lipinski definition) is 1. The van der Waals surface area contributed by atoms with Crippen molar-refractivity contribution in [2.75, 3.05) is 19.6 Å². The monoisotopic (exact) mass is 397 g/mol. The fourth-order valence-corrected chi connectivity index (χ4v) is 4.30. The summed E-state index contributed by atoms with van der Waals surface area (Å²) < 4.78 is 27.2. The van der Waals surface area contributed by atoms with Gasteiger partial charge >= 0.3 is 0 Å². The smallest absolute Gasteiger partial charge is 0.275 e. The van der Waals surface area contributed by atoms with E-state index >= 15 is 0 Å². The van der Waals surface area contributed by atoms with Crippen LogP contribution in [0.3, 0.4) is 0 Å². The molecule has 2 aromatic carbocycles. The Balaban J connectivity index is 2.36. The molecule has 0 fully saturated rings. The van der Waals surface area contributed by atoms with Gasteiger partial charge < -0.3 is 5.73 Å². The zero-order chi connectivity index (χ0) is 19.3. The minimum Gasteiger partial charge on any atom is -0.329 e. The number of sulfonamides is 1. The highest BCUT2D eigenvalue weighted by atomic mass is 35.5. The first-order chi connectivity index (χ1) is 12.3. The van der Waals surface area contributed by atoms with E-state index in [1.807, 2.05) is 30.3 Å². The van der Waals surface area contributed by atoms with E-state index < -0.39 is 14.9 Å². The van der Waals surface area contributed by atoms with E-state index in [1.54, 1.807) is 0 Å². The minimum atomic E-state index is -3.96. The normalized spacial score (nSPS) is 11.7. The van der Waals surface area contributed by atoms with Crippen LogP contribution in [0.15, 0.2) is 47.4 Å². The van der Waals surface area contributed by atoms with Gasteiger partial charge in [0.2, 0.25) is 10.0 Å². The Morgan fingerprint density at radius 1 is 1.19 bits per heavy atom. The van der Waals surface area contributed by atoms with Crippen LogP contribution < -0.4 is 5.73 Å². The predicted molar refractivity (Wildman–Crippen MR) is 101 cm³/mol. The second-order valence-electron chi connectivity index (χ2n) is 5.73. The van der Waals surface area contributed by atoms with Crippen LogP contribution in [-0.2, 0) is 16.4 Å². The molecule has 0 aliphatic carbocycles. The van der Waals surface area contributed by atoms with E-state index in [4.69, 9.17) is 17.3 Å². The van der Waals surface area contributed by atoms with Crippen LogP contribution in [0.4, 0.5) is 5.69 Å². The van der Waals surface area contributed by atoms with E-state index in [0.29, 0.717) is 6.42 Å². The topological polar surface area (TPSA) is 107 Å². The van der Waals surface area contributed by atoms with Crippen molar-refractivity contribution in [1.82, 2.24) is 4.31 Å². The van der Waals surface area contributed by atoms with Crippen LogP contribution in [0, 0.1) is 17.0 Å². The van der Waals surface area contributed by atoms with Gasteiger partial charge in [0.15, 0.2) is 0 Å². The molecular weight excluding hydrogens is 378 g/mol. The maximum atomic E-state index is 13.0. The van der Waals surface area contributed by atoms with Crippen molar-refractivity contribution in [3.05, 3.63) is 68.7 Å². The average Bonchev–Trinajstić information content (AvgIpc) is 2.61. The van der Waals surface area contributed by atoms with Crippen LogP contribution in [0.5, 0.6) is 0 Å². The lowest BCUT2D eigenvalue weighted by molar-refractivity contribution is -0.385. The van der Waals surface area contributed by atoms with Gasteiger partial charge in [0, 0.05) is 31.3 Å². The number of nitro benzene ring substituents is 1. The molecule has 26 heavy (non-hydrogen) atoms. The number of hydrogen-bond acceptors (Lipinski definition) is 5. The molecule has 7 nitrogen and oxygen atoms in total. The van der Waals surface area contributed by atoms with Crippen LogP contribution in [0.1, 0.15) is 11.1 Å². The van der Waals surface area contributed by atoms with Crippen LogP contribution in [0.25, 0.3) is 0 Å². The molecular formula is C17H20ClN3O4S. The summed E-state index contributed by atoms with van der Waals surface area (Å²) in [5.41, 5.74) is 6.45. The summed E-state index contributed by atoms with van der Waals surface area (Å²) in [5, 5.41) is 11.2. The molecule has 2 N–H and O–H groups in total. The van der Waals surface area contributed by atoms with Gasteiger partial charge in [-0.2, -0.15) is 4.31 Å². The summed E-state index contributed by atoms with van der Waals surface area (Å²) >= 11 is 6.01. The second-order valence-corrected chi connectivity index (χ2v) is 8.08. The summed E-state index contributed by atoms with van der Waals surface area (Å²) in [5.74, 6) is 0. The lowest BCUT2D eigenvalue weighted by Gasteiger charge is -2.22. The van der Waals surface area contributed by atoms with Crippen LogP contribution in [0.2, 0.25) is 5.02 Å². The molecule has 0 spiro atoms. The van der Waals surface area contributed by atoms with Crippen molar-refractivity contribution >= 4 is 27.3 Å². The molecule has 0 saturated carbocycles. The number of rotatable bonds is 8. The van der Waals surface area contributed by atoms with Gasteiger partial charge in [-0.1, -0.05) is 41.9 Å². The predicted octanol–water partition coefficient (Wildman–Crippen LogP) is 2.75. The Morgan fingerprint density at radius 2 is 1.85 bits per heavy atom. The van der Waals surface area contributed by atoms with E-state index in [2.05, 4.69) is 0 Å². The molecule has 0 aliphatic heterocycles. The second kappa shape index (κ2) is 8.59. The zero-order valence-corrected chi connectivity index (χ0v) is 15.8. The number of nitrogens with zero attached hydrogens (tertiary/aromatic N) is 2. The molecule has 2 aromatic rings. The molecule has 0 heterocycles. The Kier molecular flexibility index (Phi) is 6.71. The third-order valence-corrected chi connectivity index (χ3v) is 6.27. The third-order valence-electron chi connectivity index (χ3n) is 4.00. The average molecular weight is 398 g/mol. The van der Waals surface area contributed by atoms with E-state index in [1.165, 1.54) is 17.3 Å².